The SMILES string of the molecule is CC(C)(C)OC(=O)N1[C@@H](C2CCCCC2)COS1(=O)=O. The van der Waals surface area contributed by atoms with Gasteiger partial charge >= 0.3 is 16.4 Å². The summed E-state index contributed by atoms with van der Waals surface area (Å²) in [5.41, 5.74) is -0.730. The Labute approximate surface area is 120 Å². The van der Waals surface area contributed by atoms with Crippen molar-refractivity contribution in [3.63, 3.8) is 0 Å². The molecule has 1 heterocycles. The summed E-state index contributed by atoms with van der Waals surface area (Å²) in [6.07, 6.45) is 4.35. The van der Waals surface area contributed by atoms with Crippen molar-refractivity contribution < 1.29 is 22.1 Å². The van der Waals surface area contributed by atoms with Crippen LogP contribution in [0, 0.1) is 5.92 Å². The fraction of sp³-hybridized carbons (Fsp3) is 0.923. The molecule has 0 spiro atoms. The summed E-state index contributed by atoms with van der Waals surface area (Å²) >= 11 is 0. The topological polar surface area (TPSA) is 72.9 Å². The van der Waals surface area contributed by atoms with Gasteiger partial charge in [0.1, 0.15) is 5.60 Å². The molecule has 0 N–H and O–H groups in total. The zero-order chi connectivity index (χ0) is 15.0. The van der Waals surface area contributed by atoms with E-state index in [2.05, 4.69) is 0 Å². The van der Waals surface area contributed by atoms with E-state index in [0.29, 0.717) is 0 Å². The van der Waals surface area contributed by atoms with Crippen molar-refractivity contribution in [1.82, 2.24) is 4.31 Å². The molecule has 6 nitrogen and oxygen atoms in total. The Morgan fingerprint density at radius 2 is 1.80 bits per heavy atom. The molecule has 0 aromatic rings. The summed E-state index contributed by atoms with van der Waals surface area (Å²) in [5.74, 6) is 0.175. The third-order valence-electron chi connectivity index (χ3n) is 3.70. The Bertz CT molecular complexity index is 462. The summed E-state index contributed by atoms with van der Waals surface area (Å²) in [4.78, 5) is 12.2. The molecule has 0 unspecified atom stereocenters. The molecule has 1 atom stereocenters. The van der Waals surface area contributed by atoms with Crippen LogP contribution in [0.5, 0.6) is 0 Å². The Hall–Kier alpha value is -0.820. The van der Waals surface area contributed by atoms with Gasteiger partial charge in [-0.15, -0.1) is 0 Å². The van der Waals surface area contributed by atoms with E-state index in [1.807, 2.05) is 0 Å². The summed E-state index contributed by atoms with van der Waals surface area (Å²) in [6.45, 7) is 5.18. The van der Waals surface area contributed by atoms with Crippen LogP contribution in [0.3, 0.4) is 0 Å². The second-order valence-corrected chi connectivity index (χ2v) is 7.97. The van der Waals surface area contributed by atoms with E-state index in [1.165, 1.54) is 6.42 Å². The molecule has 1 aliphatic heterocycles. The van der Waals surface area contributed by atoms with E-state index in [1.54, 1.807) is 20.8 Å². The summed E-state index contributed by atoms with van der Waals surface area (Å²) < 4.78 is 34.8. The monoisotopic (exact) mass is 305 g/mol. The van der Waals surface area contributed by atoms with Crippen LogP contribution in [0.25, 0.3) is 0 Å². The summed E-state index contributed by atoms with van der Waals surface area (Å²) in [6, 6.07) is -0.421. The lowest BCUT2D eigenvalue weighted by Gasteiger charge is -2.32. The van der Waals surface area contributed by atoms with Crippen LogP contribution in [0.4, 0.5) is 4.79 Å². The first kappa shape index (κ1) is 15.6. The van der Waals surface area contributed by atoms with Gasteiger partial charge in [-0.05, 0) is 39.5 Å². The van der Waals surface area contributed by atoms with E-state index >= 15 is 0 Å². The molecule has 1 saturated carbocycles. The van der Waals surface area contributed by atoms with Crippen LogP contribution in [-0.4, -0.2) is 37.1 Å². The van der Waals surface area contributed by atoms with Crippen LogP contribution >= 0.6 is 0 Å². The van der Waals surface area contributed by atoms with E-state index in [-0.39, 0.29) is 12.5 Å². The molecule has 0 radical (unpaired) electrons. The lowest BCUT2D eigenvalue weighted by Crippen LogP contribution is -2.46. The number of rotatable bonds is 1. The average molecular weight is 305 g/mol. The number of hydrogen-bond donors (Lipinski definition) is 0. The van der Waals surface area contributed by atoms with Gasteiger partial charge in [-0.3, -0.25) is 4.18 Å². The molecule has 20 heavy (non-hydrogen) atoms. The van der Waals surface area contributed by atoms with Crippen molar-refractivity contribution in [2.45, 2.75) is 64.5 Å². The van der Waals surface area contributed by atoms with Gasteiger partial charge in [0, 0.05) is 0 Å². The third-order valence-corrected chi connectivity index (χ3v) is 5.03. The highest BCUT2D eigenvalue weighted by Crippen LogP contribution is 2.34. The molecular weight excluding hydrogens is 282 g/mol. The highest BCUT2D eigenvalue weighted by molar-refractivity contribution is 7.85. The first-order valence-corrected chi connectivity index (χ1v) is 8.49. The first-order valence-electron chi connectivity index (χ1n) is 7.12. The average Bonchev–Trinajstić information content (AvgIpc) is 2.64. The third kappa shape index (κ3) is 3.44. The van der Waals surface area contributed by atoms with Crippen LogP contribution < -0.4 is 0 Å². The predicted molar refractivity (Wildman–Crippen MR) is 73.3 cm³/mol. The Balaban J connectivity index is 2.17. The molecule has 2 aliphatic rings. The number of carbonyl (C=O) groups is 1. The minimum absolute atomic E-state index is 0.0479. The van der Waals surface area contributed by atoms with Crippen molar-refractivity contribution in [3.05, 3.63) is 0 Å². The molecule has 7 heteroatoms. The minimum atomic E-state index is -4.00. The van der Waals surface area contributed by atoms with Crippen molar-refractivity contribution in [2.75, 3.05) is 6.61 Å². The second kappa shape index (κ2) is 5.52. The number of amides is 1. The molecule has 1 saturated heterocycles. The molecule has 1 amide bonds. The second-order valence-electron chi connectivity index (χ2n) is 6.48. The van der Waals surface area contributed by atoms with Gasteiger partial charge in [-0.25, -0.2) is 4.79 Å². The van der Waals surface area contributed by atoms with Gasteiger partial charge in [-0.1, -0.05) is 19.3 Å². The Kier molecular flexibility index (Phi) is 4.30. The maximum atomic E-state index is 12.2. The van der Waals surface area contributed by atoms with E-state index in [4.69, 9.17) is 8.92 Å². The van der Waals surface area contributed by atoms with Crippen molar-refractivity contribution >= 4 is 16.4 Å². The molecule has 2 rings (SSSR count). The van der Waals surface area contributed by atoms with E-state index in [9.17, 15) is 13.2 Å². The Morgan fingerprint density at radius 1 is 1.20 bits per heavy atom. The normalized spacial score (nSPS) is 27.6. The minimum Gasteiger partial charge on any atom is -0.443 e. The van der Waals surface area contributed by atoms with E-state index < -0.39 is 28.0 Å². The summed E-state index contributed by atoms with van der Waals surface area (Å²) in [5, 5.41) is 0. The van der Waals surface area contributed by atoms with Crippen molar-refractivity contribution in [3.8, 4) is 0 Å². The molecule has 0 bridgehead atoms. The lowest BCUT2D eigenvalue weighted by molar-refractivity contribution is 0.0305. The fourth-order valence-corrected chi connectivity index (χ4v) is 4.04. The van der Waals surface area contributed by atoms with Crippen LogP contribution in [0.15, 0.2) is 0 Å². The van der Waals surface area contributed by atoms with Gasteiger partial charge in [0.2, 0.25) is 0 Å². The largest absolute Gasteiger partial charge is 0.443 e. The zero-order valence-electron chi connectivity index (χ0n) is 12.3. The molecule has 0 aromatic carbocycles. The standard InChI is InChI=1S/C13H23NO5S/c1-13(2,3)19-12(15)14-11(9-18-20(14,16)17)10-7-5-4-6-8-10/h10-11H,4-9H2,1-3H3/t11-/m1/s1. The van der Waals surface area contributed by atoms with Gasteiger partial charge in [0.25, 0.3) is 0 Å². The molecule has 1 aliphatic carbocycles. The fourth-order valence-electron chi connectivity index (χ4n) is 2.83. The molecule has 0 aromatic heterocycles. The van der Waals surface area contributed by atoms with Gasteiger partial charge in [0.15, 0.2) is 0 Å². The lowest BCUT2D eigenvalue weighted by atomic mass is 9.84. The van der Waals surface area contributed by atoms with Crippen LogP contribution in [0.1, 0.15) is 52.9 Å². The van der Waals surface area contributed by atoms with Crippen molar-refractivity contribution in [1.29, 1.82) is 0 Å². The first-order chi connectivity index (χ1) is 9.21. The molecule has 2 fully saturated rings. The van der Waals surface area contributed by atoms with Gasteiger partial charge in [-0.2, -0.15) is 12.7 Å². The predicted octanol–water partition coefficient (Wildman–Crippen LogP) is 2.45. The number of nitrogens with zero attached hydrogens (tertiary/aromatic N) is 1. The maximum Gasteiger partial charge on any atom is 0.426 e. The van der Waals surface area contributed by atoms with Gasteiger partial charge < -0.3 is 4.74 Å². The smallest absolute Gasteiger partial charge is 0.426 e. The quantitative estimate of drug-likeness (QED) is 0.744. The highest BCUT2D eigenvalue weighted by atomic mass is 32.2. The number of ether oxygens (including phenoxy) is 1. The Morgan fingerprint density at radius 3 is 2.35 bits per heavy atom. The maximum absolute atomic E-state index is 12.2. The van der Waals surface area contributed by atoms with Crippen LogP contribution in [0.2, 0.25) is 0 Å². The number of hydrogen-bond acceptors (Lipinski definition) is 5. The number of carbonyl (C=O) groups excluding carboxylic acids is 1. The van der Waals surface area contributed by atoms with Crippen LogP contribution in [-0.2, 0) is 19.2 Å². The van der Waals surface area contributed by atoms with E-state index in [0.717, 1.165) is 30.0 Å². The molecular formula is C13H23NO5S. The van der Waals surface area contributed by atoms with Gasteiger partial charge in [0.05, 0.1) is 12.6 Å². The zero-order valence-corrected chi connectivity index (χ0v) is 13.1. The summed E-state index contributed by atoms with van der Waals surface area (Å²) in [7, 11) is -4.00. The van der Waals surface area contributed by atoms with Crippen molar-refractivity contribution in [2.24, 2.45) is 5.92 Å². The molecule has 116 valence electrons. The highest BCUT2D eigenvalue weighted by Gasteiger charge is 2.47.